The number of sulfonamides is 1. The summed E-state index contributed by atoms with van der Waals surface area (Å²) in [7, 11) is -4.30. The Morgan fingerprint density at radius 1 is 1.33 bits per heavy atom. The van der Waals surface area contributed by atoms with E-state index in [1.54, 1.807) is 17.0 Å². The predicted molar refractivity (Wildman–Crippen MR) is 77.5 cm³/mol. The minimum Gasteiger partial charge on any atom is -0.467 e. The summed E-state index contributed by atoms with van der Waals surface area (Å²) in [6.07, 6.45) is 1.40. The third-order valence-corrected chi connectivity index (χ3v) is 3.97. The first-order chi connectivity index (χ1) is 11.3. The Bertz CT molecular complexity index is 852. The van der Waals surface area contributed by atoms with Gasteiger partial charge >= 0.3 is 11.7 Å². The number of nitrogens with one attached hydrogen (secondary N) is 3. The van der Waals surface area contributed by atoms with E-state index in [1.807, 2.05) is 5.43 Å². The van der Waals surface area contributed by atoms with Crippen molar-refractivity contribution >= 4 is 21.7 Å². The molecule has 10 nitrogen and oxygen atoms in total. The van der Waals surface area contributed by atoms with Gasteiger partial charge in [0.1, 0.15) is 5.76 Å². The highest BCUT2D eigenvalue weighted by Crippen LogP contribution is 2.20. The van der Waals surface area contributed by atoms with Crippen LogP contribution < -0.4 is 15.6 Å². The molecule has 0 aliphatic heterocycles. The summed E-state index contributed by atoms with van der Waals surface area (Å²) in [6, 6.07) is 4.36. The fourth-order valence-electron chi connectivity index (χ4n) is 1.60. The van der Waals surface area contributed by atoms with Crippen LogP contribution in [0.25, 0.3) is 0 Å². The van der Waals surface area contributed by atoms with Gasteiger partial charge in [0.15, 0.2) is 0 Å². The second-order valence-electron chi connectivity index (χ2n) is 4.36. The number of hydrogen-bond donors (Lipinski definition) is 3. The van der Waals surface area contributed by atoms with Crippen molar-refractivity contribution in [3.05, 3.63) is 58.3 Å². The van der Waals surface area contributed by atoms with Gasteiger partial charge in [0.2, 0.25) is 5.82 Å². The molecular formula is C12H11FN4O6S. The molecule has 2 aromatic rings. The molecule has 3 N–H and O–H groups in total. The highest BCUT2D eigenvalue weighted by Gasteiger charge is 2.21. The number of furan rings is 1. The van der Waals surface area contributed by atoms with Gasteiger partial charge in [0.25, 0.3) is 10.0 Å². The van der Waals surface area contributed by atoms with Crippen molar-refractivity contribution < 1.29 is 26.9 Å². The number of nitrogens with zero attached hydrogens (tertiary/aromatic N) is 1. The van der Waals surface area contributed by atoms with Gasteiger partial charge in [-0.25, -0.2) is 13.2 Å². The molecule has 0 saturated heterocycles. The molecular weight excluding hydrogens is 347 g/mol. The topological polar surface area (TPSA) is 144 Å². The lowest BCUT2D eigenvalue weighted by molar-refractivity contribution is -0.387. The highest BCUT2D eigenvalue weighted by molar-refractivity contribution is 7.89. The van der Waals surface area contributed by atoms with Crippen LogP contribution in [0.1, 0.15) is 5.76 Å². The fraction of sp³-hybridized carbons (Fsp3) is 0.0833. The number of hydrazine groups is 1. The third kappa shape index (κ3) is 4.27. The maximum atomic E-state index is 13.5. The van der Waals surface area contributed by atoms with Crippen LogP contribution >= 0.6 is 0 Å². The molecule has 1 aromatic heterocycles. The summed E-state index contributed by atoms with van der Waals surface area (Å²) in [5.41, 5.74) is 0.992. The normalized spacial score (nSPS) is 11.0. The van der Waals surface area contributed by atoms with E-state index < -0.39 is 37.4 Å². The zero-order valence-corrected chi connectivity index (χ0v) is 12.7. The first-order valence-electron chi connectivity index (χ1n) is 6.31. The number of carbonyl (C=O) groups is 1. The largest absolute Gasteiger partial charge is 0.467 e. The molecule has 0 aliphatic carbocycles. The van der Waals surface area contributed by atoms with E-state index in [2.05, 4.69) is 5.32 Å². The van der Waals surface area contributed by atoms with Crippen LogP contribution in [0.5, 0.6) is 0 Å². The number of rotatable bonds is 6. The molecule has 0 aliphatic rings. The molecule has 12 heteroatoms. The van der Waals surface area contributed by atoms with Gasteiger partial charge in [0.05, 0.1) is 22.6 Å². The SMILES string of the molecule is O=C(NCc1ccco1)NNS(=O)(=O)c1ccc([N+](=O)[O-])c(F)c1. The Morgan fingerprint density at radius 2 is 2.08 bits per heavy atom. The molecule has 0 bridgehead atoms. The summed E-state index contributed by atoms with van der Waals surface area (Å²) < 4.78 is 42.2. The first-order valence-corrected chi connectivity index (χ1v) is 7.80. The predicted octanol–water partition coefficient (Wildman–Crippen LogP) is 1.02. The van der Waals surface area contributed by atoms with E-state index in [0.29, 0.717) is 17.9 Å². The standard InChI is InChI=1S/C12H11FN4O6S/c13-10-6-9(3-4-11(10)17(19)20)24(21,22)16-15-12(18)14-7-8-2-1-5-23-8/h1-6,16H,7H2,(H2,14,15,18). The Kier molecular flexibility index (Phi) is 5.11. The van der Waals surface area contributed by atoms with E-state index in [0.717, 1.165) is 6.07 Å². The number of nitro benzene ring substituents is 1. The summed E-state index contributed by atoms with van der Waals surface area (Å²) in [5.74, 6) is -0.865. The van der Waals surface area contributed by atoms with Gasteiger partial charge in [-0.2, -0.15) is 4.39 Å². The van der Waals surface area contributed by atoms with Gasteiger partial charge in [0, 0.05) is 12.1 Å². The lowest BCUT2D eigenvalue weighted by Gasteiger charge is -2.09. The molecule has 1 heterocycles. The quantitative estimate of drug-likeness (QED) is 0.519. The number of urea groups is 1. The Morgan fingerprint density at radius 3 is 2.67 bits per heavy atom. The zero-order valence-electron chi connectivity index (χ0n) is 11.9. The number of hydrogen-bond acceptors (Lipinski definition) is 6. The van der Waals surface area contributed by atoms with E-state index >= 15 is 0 Å². The number of benzene rings is 1. The molecule has 0 atom stereocenters. The van der Waals surface area contributed by atoms with Gasteiger partial charge < -0.3 is 9.73 Å². The van der Waals surface area contributed by atoms with Crippen molar-refractivity contribution in [3.8, 4) is 0 Å². The smallest absolute Gasteiger partial charge is 0.330 e. The summed E-state index contributed by atoms with van der Waals surface area (Å²) in [5, 5.41) is 12.8. The van der Waals surface area contributed by atoms with Crippen LogP contribution in [0.2, 0.25) is 0 Å². The monoisotopic (exact) mass is 358 g/mol. The molecule has 0 unspecified atom stereocenters. The average molecular weight is 358 g/mol. The maximum Gasteiger partial charge on any atom is 0.330 e. The van der Waals surface area contributed by atoms with Crippen molar-refractivity contribution in [1.29, 1.82) is 0 Å². The minimum atomic E-state index is -4.30. The average Bonchev–Trinajstić information content (AvgIpc) is 3.04. The summed E-state index contributed by atoms with van der Waals surface area (Å²) >= 11 is 0. The summed E-state index contributed by atoms with van der Waals surface area (Å²) in [4.78, 5) is 22.1. The molecule has 1 aromatic carbocycles. The summed E-state index contributed by atoms with van der Waals surface area (Å²) in [6.45, 7) is 0.0206. The van der Waals surface area contributed by atoms with Gasteiger partial charge in [-0.05, 0) is 18.2 Å². The molecule has 128 valence electrons. The Hall–Kier alpha value is -2.99. The van der Waals surface area contributed by atoms with Crippen LogP contribution in [-0.2, 0) is 16.6 Å². The zero-order chi connectivity index (χ0) is 17.7. The lowest BCUT2D eigenvalue weighted by Crippen LogP contribution is -2.46. The maximum absolute atomic E-state index is 13.5. The fourth-order valence-corrected chi connectivity index (χ4v) is 2.45. The van der Waals surface area contributed by atoms with Crippen LogP contribution in [0.15, 0.2) is 45.9 Å². The molecule has 2 amide bonds. The molecule has 2 rings (SSSR count). The van der Waals surface area contributed by atoms with Crippen molar-refractivity contribution in [2.24, 2.45) is 0 Å². The molecule has 24 heavy (non-hydrogen) atoms. The van der Waals surface area contributed by atoms with Crippen LogP contribution in [0.4, 0.5) is 14.9 Å². The van der Waals surface area contributed by atoms with E-state index in [-0.39, 0.29) is 6.54 Å². The van der Waals surface area contributed by atoms with Crippen LogP contribution in [0.3, 0.4) is 0 Å². The molecule has 0 fully saturated rings. The second-order valence-corrected chi connectivity index (χ2v) is 6.05. The van der Waals surface area contributed by atoms with E-state index in [4.69, 9.17) is 4.42 Å². The van der Waals surface area contributed by atoms with E-state index in [9.17, 15) is 27.7 Å². The lowest BCUT2D eigenvalue weighted by atomic mass is 10.3. The van der Waals surface area contributed by atoms with Gasteiger partial charge in [-0.1, -0.05) is 0 Å². The molecule has 0 spiro atoms. The van der Waals surface area contributed by atoms with Gasteiger partial charge in [-0.3, -0.25) is 15.5 Å². The first kappa shape index (κ1) is 17.4. The number of nitro groups is 1. The van der Waals surface area contributed by atoms with Crippen molar-refractivity contribution in [2.45, 2.75) is 11.4 Å². The molecule has 0 saturated carbocycles. The second kappa shape index (κ2) is 7.06. The Labute approximate surface area is 134 Å². The third-order valence-electron chi connectivity index (χ3n) is 2.73. The number of halogens is 1. The molecule has 0 radical (unpaired) electrons. The highest BCUT2D eigenvalue weighted by atomic mass is 32.2. The Balaban J connectivity index is 1.96. The van der Waals surface area contributed by atoms with Crippen molar-refractivity contribution in [1.82, 2.24) is 15.6 Å². The van der Waals surface area contributed by atoms with Crippen molar-refractivity contribution in [3.63, 3.8) is 0 Å². The van der Waals surface area contributed by atoms with Gasteiger partial charge in [-0.15, -0.1) is 4.83 Å². The van der Waals surface area contributed by atoms with Crippen molar-refractivity contribution in [2.75, 3.05) is 0 Å². The van der Waals surface area contributed by atoms with Crippen LogP contribution in [0, 0.1) is 15.9 Å². The minimum absolute atomic E-state index is 0.0206. The number of amides is 2. The van der Waals surface area contributed by atoms with Crippen LogP contribution in [-0.4, -0.2) is 19.4 Å². The number of carbonyl (C=O) groups excluding carboxylic acids is 1. The van der Waals surface area contributed by atoms with E-state index in [1.165, 1.54) is 6.26 Å².